The third kappa shape index (κ3) is 4.64. The van der Waals surface area contributed by atoms with Crippen LogP contribution in [0.4, 0.5) is 4.79 Å². The van der Waals surface area contributed by atoms with Crippen LogP contribution in [-0.2, 0) is 11.3 Å². The molecule has 1 heterocycles. The molecule has 0 unspecified atom stereocenters. The van der Waals surface area contributed by atoms with Gasteiger partial charge in [-0.25, -0.2) is 0 Å². The minimum atomic E-state index is -0.288. The van der Waals surface area contributed by atoms with E-state index in [-0.39, 0.29) is 17.7 Å². The molecule has 144 valence electrons. The van der Waals surface area contributed by atoms with Gasteiger partial charge in [-0.2, -0.15) is 0 Å². The first-order valence-electron chi connectivity index (χ1n) is 8.92. The van der Waals surface area contributed by atoms with Gasteiger partial charge < -0.3 is 9.47 Å². The molecule has 2 aromatic rings. The van der Waals surface area contributed by atoms with E-state index in [9.17, 15) is 9.59 Å². The number of amides is 2. The molecular formula is C22H21NO4S. The van der Waals surface area contributed by atoms with Crippen LogP contribution in [0.15, 0.2) is 66.1 Å². The Morgan fingerprint density at radius 2 is 1.86 bits per heavy atom. The quantitative estimate of drug-likeness (QED) is 0.471. The van der Waals surface area contributed by atoms with Gasteiger partial charge in [0, 0.05) is 0 Å². The van der Waals surface area contributed by atoms with Gasteiger partial charge in [-0.05, 0) is 48.0 Å². The third-order valence-electron chi connectivity index (χ3n) is 3.98. The van der Waals surface area contributed by atoms with Crippen LogP contribution in [0.5, 0.6) is 11.5 Å². The Bertz CT molecular complexity index is 908. The van der Waals surface area contributed by atoms with Crippen molar-refractivity contribution in [2.45, 2.75) is 13.5 Å². The zero-order valence-electron chi connectivity index (χ0n) is 15.6. The third-order valence-corrected chi connectivity index (χ3v) is 4.89. The van der Waals surface area contributed by atoms with Crippen LogP contribution in [0.1, 0.15) is 18.1 Å². The van der Waals surface area contributed by atoms with E-state index in [2.05, 4.69) is 6.58 Å². The average molecular weight is 395 g/mol. The zero-order valence-corrected chi connectivity index (χ0v) is 16.4. The van der Waals surface area contributed by atoms with Crippen molar-refractivity contribution in [3.05, 3.63) is 77.2 Å². The number of hydrogen-bond donors (Lipinski definition) is 0. The van der Waals surface area contributed by atoms with Crippen LogP contribution in [0.2, 0.25) is 0 Å². The molecule has 0 bridgehead atoms. The highest BCUT2D eigenvalue weighted by molar-refractivity contribution is 8.18. The fourth-order valence-corrected chi connectivity index (χ4v) is 3.54. The Labute approximate surface area is 168 Å². The van der Waals surface area contributed by atoms with Crippen molar-refractivity contribution in [2.24, 2.45) is 0 Å². The molecule has 2 aromatic carbocycles. The number of imide groups is 1. The van der Waals surface area contributed by atoms with Gasteiger partial charge in [-0.15, -0.1) is 0 Å². The van der Waals surface area contributed by atoms with Crippen molar-refractivity contribution >= 4 is 29.0 Å². The highest BCUT2D eigenvalue weighted by atomic mass is 32.2. The van der Waals surface area contributed by atoms with Gasteiger partial charge in [0.1, 0.15) is 6.61 Å². The number of hydrogen-bond acceptors (Lipinski definition) is 5. The van der Waals surface area contributed by atoms with Crippen molar-refractivity contribution in [1.82, 2.24) is 4.90 Å². The summed E-state index contributed by atoms with van der Waals surface area (Å²) in [4.78, 5) is 26.6. The molecule has 0 atom stereocenters. The van der Waals surface area contributed by atoms with Crippen LogP contribution in [0, 0.1) is 0 Å². The lowest BCUT2D eigenvalue weighted by atomic mass is 10.1. The monoisotopic (exact) mass is 395 g/mol. The summed E-state index contributed by atoms with van der Waals surface area (Å²) in [5.41, 5.74) is 1.67. The van der Waals surface area contributed by atoms with Crippen molar-refractivity contribution < 1.29 is 19.1 Å². The van der Waals surface area contributed by atoms with Gasteiger partial charge in [0.2, 0.25) is 0 Å². The summed E-state index contributed by atoms with van der Waals surface area (Å²) in [7, 11) is 0. The lowest BCUT2D eigenvalue weighted by Gasteiger charge is -2.12. The summed E-state index contributed by atoms with van der Waals surface area (Å²) in [6.45, 7) is 6.65. The molecule has 1 fully saturated rings. The van der Waals surface area contributed by atoms with Gasteiger partial charge in [-0.3, -0.25) is 14.5 Å². The molecule has 1 saturated heterocycles. The Kier molecular flexibility index (Phi) is 6.55. The summed E-state index contributed by atoms with van der Waals surface area (Å²) in [5, 5.41) is -0.268. The molecule has 3 rings (SSSR count). The van der Waals surface area contributed by atoms with Gasteiger partial charge in [0.05, 0.1) is 18.1 Å². The van der Waals surface area contributed by atoms with Crippen LogP contribution in [0.3, 0.4) is 0 Å². The summed E-state index contributed by atoms with van der Waals surface area (Å²) in [6, 6.07) is 14.9. The maximum atomic E-state index is 12.7. The number of nitrogens with zero attached hydrogens (tertiary/aromatic N) is 1. The second-order valence-electron chi connectivity index (χ2n) is 5.99. The fourth-order valence-electron chi connectivity index (χ4n) is 2.70. The highest BCUT2D eigenvalue weighted by Crippen LogP contribution is 2.35. The minimum absolute atomic E-state index is 0.265. The van der Waals surface area contributed by atoms with Gasteiger partial charge in [0.25, 0.3) is 11.1 Å². The first-order valence-corrected chi connectivity index (χ1v) is 9.74. The number of thioether (sulfide) groups is 1. The van der Waals surface area contributed by atoms with Crippen LogP contribution < -0.4 is 9.47 Å². The van der Waals surface area contributed by atoms with E-state index in [1.165, 1.54) is 4.90 Å². The Hall–Kier alpha value is -2.99. The largest absolute Gasteiger partial charge is 0.490 e. The summed E-state index contributed by atoms with van der Waals surface area (Å²) in [5.74, 6) is 0.904. The number of rotatable bonds is 8. The minimum Gasteiger partial charge on any atom is -0.490 e. The molecule has 6 heteroatoms. The fraction of sp³-hybridized carbons (Fsp3) is 0.182. The zero-order chi connectivity index (χ0) is 19.9. The molecule has 0 saturated carbocycles. The maximum Gasteiger partial charge on any atom is 0.293 e. The van der Waals surface area contributed by atoms with Crippen LogP contribution in [0.25, 0.3) is 6.08 Å². The standard InChI is InChI=1S/C22H21NO4S/c1-3-12-27-18-11-10-17(13-19(18)26-4-2)14-20-21(24)23(22(25)28-20)15-16-8-6-5-7-9-16/h3,5-11,13-14H,1,4,12,15H2,2H3/b20-14-. The lowest BCUT2D eigenvalue weighted by Crippen LogP contribution is -2.27. The number of carbonyl (C=O) groups is 2. The molecule has 1 aliphatic rings. The molecule has 28 heavy (non-hydrogen) atoms. The van der Waals surface area contributed by atoms with E-state index in [1.54, 1.807) is 24.3 Å². The predicted octanol–water partition coefficient (Wildman–Crippen LogP) is 4.89. The number of carbonyl (C=O) groups excluding carboxylic acids is 2. The van der Waals surface area contributed by atoms with Crippen LogP contribution in [-0.4, -0.2) is 29.3 Å². The first kappa shape index (κ1) is 19.8. The summed E-state index contributed by atoms with van der Waals surface area (Å²) in [6.07, 6.45) is 3.36. The van der Waals surface area contributed by atoms with Gasteiger partial charge >= 0.3 is 0 Å². The maximum absolute atomic E-state index is 12.7. The summed E-state index contributed by atoms with van der Waals surface area (Å²) < 4.78 is 11.2. The van der Waals surface area contributed by atoms with Crippen molar-refractivity contribution in [3.8, 4) is 11.5 Å². The summed E-state index contributed by atoms with van der Waals surface area (Å²) >= 11 is 0.946. The molecule has 0 spiro atoms. The molecule has 0 radical (unpaired) electrons. The first-order chi connectivity index (χ1) is 13.6. The lowest BCUT2D eigenvalue weighted by molar-refractivity contribution is -0.123. The average Bonchev–Trinajstić information content (AvgIpc) is 2.96. The SMILES string of the molecule is C=CCOc1ccc(/C=C2\SC(=O)N(Cc3ccccc3)C2=O)cc1OCC. The molecule has 1 aliphatic heterocycles. The number of benzene rings is 2. The number of ether oxygens (including phenoxy) is 2. The van der Waals surface area contributed by atoms with E-state index in [0.717, 1.165) is 22.9 Å². The Balaban J connectivity index is 1.81. The normalized spacial score (nSPS) is 15.2. The van der Waals surface area contributed by atoms with E-state index in [0.29, 0.717) is 29.6 Å². The van der Waals surface area contributed by atoms with Gasteiger partial charge in [-0.1, -0.05) is 49.1 Å². The van der Waals surface area contributed by atoms with E-state index >= 15 is 0 Å². The van der Waals surface area contributed by atoms with E-state index < -0.39 is 0 Å². The van der Waals surface area contributed by atoms with Crippen molar-refractivity contribution in [1.29, 1.82) is 0 Å². The highest BCUT2D eigenvalue weighted by Gasteiger charge is 2.34. The van der Waals surface area contributed by atoms with Crippen molar-refractivity contribution in [2.75, 3.05) is 13.2 Å². The topological polar surface area (TPSA) is 55.8 Å². The smallest absolute Gasteiger partial charge is 0.293 e. The van der Waals surface area contributed by atoms with Crippen molar-refractivity contribution in [3.63, 3.8) is 0 Å². The second kappa shape index (κ2) is 9.28. The van der Waals surface area contributed by atoms with E-state index in [4.69, 9.17) is 9.47 Å². The van der Waals surface area contributed by atoms with Gasteiger partial charge in [0.15, 0.2) is 11.5 Å². The Morgan fingerprint density at radius 1 is 1.07 bits per heavy atom. The molecule has 2 amide bonds. The molecular weight excluding hydrogens is 374 g/mol. The van der Waals surface area contributed by atoms with Crippen LogP contribution >= 0.6 is 11.8 Å². The predicted molar refractivity (Wildman–Crippen MR) is 111 cm³/mol. The second-order valence-corrected chi connectivity index (χ2v) is 6.99. The molecule has 0 N–H and O–H groups in total. The molecule has 5 nitrogen and oxygen atoms in total. The van der Waals surface area contributed by atoms with E-state index in [1.807, 2.05) is 43.3 Å². The molecule has 0 aliphatic carbocycles. The Morgan fingerprint density at radius 3 is 2.57 bits per heavy atom. The molecule has 0 aromatic heterocycles.